The molecule has 4 aromatic rings. The first-order chi connectivity index (χ1) is 13.7. The van der Waals surface area contributed by atoms with E-state index in [4.69, 9.17) is 4.42 Å². The molecule has 5 nitrogen and oxygen atoms in total. The molecule has 2 aromatic heterocycles. The maximum absolute atomic E-state index is 13.1. The summed E-state index contributed by atoms with van der Waals surface area (Å²) in [5.74, 6) is 0. The maximum atomic E-state index is 13.1. The summed E-state index contributed by atoms with van der Waals surface area (Å²) in [4.78, 5) is 26.7. The molecule has 6 heteroatoms. The Hall–Kier alpha value is -3.09. The molecule has 0 radical (unpaired) electrons. The lowest BCUT2D eigenvalue weighted by atomic mass is 10.2. The molecule has 28 heavy (non-hydrogen) atoms. The zero-order chi connectivity index (χ0) is 19.5. The predicted molar refractivity (Wildman–Crippen MR) is 109 cm³/mol. The lowest BCUT2D eigenvalue weighted by Gasteiger charge is -2.13. The molecule has 2 aromatic carbocycles. The summed E-state index contributed by atoms with van der Waals surface area (Å²) < 4.78 is 6.90. The molecule has 4 rings (SSSR count). The average molecular weight is 391 g/mol. The van der Waals surface area contributed by atoms with Gasteiger partial charge in [-0.05, 0) is 23.8 Å². The molecular weight excluding hydrogens is 374 g/mol. The number of hydrogen-bond donors (Lipinski definition) is 1. The van der Waals surface area contributed by atoms with Gasteiger partial charge < -0.3 is 14.1 Å². The fourth-order valence-electron chi connectivity index (χ4n) is 3.00. The Labute approximate surface area is 164 Å². The smallest absolute Gasteiger partial charge is 0.350 e. The first-order valence-electron chi connectivity index (χ1n) is 8.74. The van der Waals surface area contributed by atoms with Crippen LogP contribution in [0.5, 0.6) is 0 Å². The SMILES string of the molecule is O=c1oc2cc(CO)n(Cc3ccccc3)c(=O)c2cc1Sc1ccccc1. The molecule has 0 aliphatic heterocycles. The van der Waals surface area contributed by atoms with E-state index in [-0.39, 0.29) is 17.7 Å². The van der Waals surface area contributed by atoms with Crippen LogP contribution >= 0.6 is 11.8 Å². The molecule has 0 atom stereocenters. The Morgan fingerprint density at radius 1 is 0.929 bits per heavy atom. The van der Waals surface area contributed by atoms with Crippen LogP contribution in [0.25, 0.3) is 11.0 Å². The number of fused-ring (bicyclic) bond motifs is 1. The summed E-state index contributed by atoms with van der Waals surface area (Å²) in [5.41, 5.74) is 0.707. The number of aliphatic hydroxyl groups is 1. The quantitative estimate of drug-likeness (QED) is 0.562. The third-order valence-corrected chi connectivity index (χ3v) is 5.39. The van der Waals surface area contributed by atoms with Crippen LogP contribution in [0.4, 0.5) is 0 Å². The van der Waals surface area contributed by atoms with Crippen molar-refractivity contribution in [2.45, 2.75) is 22.9 Å². The van der Waals surface area contributed by atoms with E-state index in [1.165, 1.54) is 16.3 Å². The summed E-state index contributed by atoms with van der Waals surface area (Å²) in [7, 11) is 0. The number of hydrogen-bond acceptors (Lipinski definition) is 5. The van der Waals surface area contributed by atoms with Gasteiger partial charge in [0.1, 0.15) is 5.58 Å². The van der Waals surface area contributed by atoms with Crippen LogP contribution in [-0.2, 0) is 13.2 Å². The van der Waals surface area contributed by atoms with E-state index in [1.807, 2.05) is 60.7 Å². The van der Waals surface area contributed by atoms with Gasteiger partial charge in [-0.15, -0.1) is 0 Å². The Bertz CT molecular complexity index is 1230. The number of nitrogens with zero attached hydrogens (tertiary/aromatic N) is 1. The standard InChI is InChI=1S/C22H17NO4S/c24-14-16-11-19-18(21(25)23(16)13-15-7-3-1-4-8-15)12-20(22(26)27-19)28-17-9-5-2-6-10-17/h1-12,24H,13-14H2. The summed E-state index contributed by atoms with van der Waals surface area (Å²) in [5, 5.41) is 10.0. The van der Waals surface area contributed by atoms with Crippen molar-refractivity contribution in [1.82, 2.24) is 4.57 Å². The fraction of sp³-hybridized carbons (Fsp3) is 0.0909. The molecule has 1 N–H and O–H groups in total. The summed E-state index contributed by atoms with van der Waals surface area (Å²) >= 11 is 1.25. The summed E-state index contributed by atoms with van der Waals surface area (Å²) in [6.07, 6.45) is 0. The number of aromatic nitrogens is 1. The van der Waals surface area contributed by atoms with Gasteiger partial charge in [-0.2, -0.15) is 0 Å². The second-order valence-electron chi connectivity index (χ2n) is 6.26. The Balaban J connectivity index is 1.84. The molecule has 0 amide bonds. The van der Waals surface area contributed by atoms with Crippen molar-refractivity contribution < 1.29 is 9.52 Å². The highest BCUT2D eigenvalue weighted by atomic mass is 32.2. The molecule has 0 aliphatic rings. The first-order valence-corrected chi connectivity index (χ1v) is 9.55. The monoisotopic (exact) mass is 391 g/mol. The van der Waals surface area contributed by atoms with E-state index in [1.54, 1.807) is 12.1 Å². The van der Waals surface area contributed by atoms with E-state index in [2.05, 4.69) is 0 Å². The van der Waals surface area contributed by atoms with E-state index in [9.17, 15) is 14.7 Å². The zero-order valence-corrected chi connectivity index (χ0v) is 15.7. The van der Waals surface area contributed by atoms with E-state index in [0.29, 0.717) is 22.5 Å². The van der Waals surface area contributed by atoms with Crippen molar-refractivity contribution in [2.24, 2.45) is 0 Å². The van der Waals surface area contributed by atoms with Crippen LogP contribution in [0, 0.1) is 0 Å². The highest BCUT2D eigenvalue weighted by molar-refractivity contribution is 7.99. The van der Waals surface area contributed by atoms with Gasteiger partial charge >= 0.3 is 5.63 Å². The third kappa shape index (κ3) is 3.65. The van der Waals surface area contributed by atoms with E-state index in [0.717, 1.165) is 10.5 Å². The van der Waals surface area contributed by atoms with Gasteiger partial charge in [-0.3, -0.25) is 4.79 Å². The van der Waals surface area contributed by atoms with Crippen LogP contribution in [0.15, 0.2) is 96.6 Å². The van der Waals surface area contributed by atoms with Crippen LogP contribution < -0.4 is 11.2 Å². The molecular formula is C22H17NO4S. The lowest BCUT2D eigenvalue weighted by molar-refractivity contribution is 0.269. The van der Waals surface area contributed by atoms with Crippen molar-refractivity contribution in [3.8, 4) is 0 Å². The van der Waals surface area contributed by atoms with E-state index >= 15 is 0 Å². The second-order valence-corrected chi connectivity index (χ2v) is 7.38. The second kappa shape index (κ2) is 7.88. The van der Waals surface area contributed by atoms with Crippen molar-refractivity contribution >= 4 is 22.7 Å². The molecule has 0 fully saturated rings. The number of aliphatic hydroxyl groups excluding tert-OH is 1. The Morgan fingerprint density at radius 2 is 1.61 bits per heavy atom. The predicted octanol–water partition coefficient (Wildman–Crippen LogP) is 3.65. The Kier molecular flexibility index (Phi) is 5.14. The highest BCUT2D eigenvalue weighted by Crippen LogP contribution is 2.26. The molecule has 0 saturated carbocycles. The van der Waals surface area contributed by atoms with Crippen molar-refractivity contribution in [1.29, 1.82) is 0 Å². The fourth-order valence-corrected chi connectivity index (χ4v) is 3.85. The van der Waals surface area contributed by atoms with Gasteiger partial charge in [0.05, 0.1) is 29.1 Å². The molecule has 0 aliphatic carbocycles. The van der Waals surface area contributed by atoms with E-state index < -0.39 is 5.63 Å². The third-order valence-electron chi connectivity index (χ3n) is 4.38. The van der Waals surface area contributed by atoms with Gasteiger partial charge in [0.15, 0.2) is 0 Å². The van der Waals surface area contributed by atoms with Crippen molar-refractivity contribution in [2.75, 3.05) is 0 Å². The molecule has 0 spiro atoms. The largest absolute Gasteiger partial charge is 0.422 e. The topological polar surface area (TPSA) is 72.4 Å². The normalized spacial score (nSPS) is 11.0. The molecule has 2 heterocycles. The van der Waals surface area contributed by atoms with Crippen LogP contribution in [0.2, 0.25) is 0 Å². The van der Waals surface area contributed by atoms with Gasteiger partial charge in [-0.25, -0.2) is 4.79 Å². The van der Waals surface area contributed by atoms with Crippen molar-refractivity contribution in [3.05, 3.63) is 105 Å². The number of pyridine rings is 1. The summed E-state index contributed by atoms with van der Waals surface area (Å²) in [6.45, 7) is -0.00592. The summed E-state index contributed by atoms with van der Waals surface area (Å²) in [6, 6.07) is 22.1. The molecule has 0 saturated heterocycles. The van der Waals surface area contributed by atoms with Crippen LogP contribution in [0.3, 0.4) is 0 Å². The molecule has 0 bridgehead atoms. The minimum absolute atomic E-state index is 0.181. The van der Waals surface area contributed by atoms with Gasteiger partial charge in [0, 0.05) is 11.0 Å². The number of rotatable bonds is 5. The van der Waals surface area contributed by atoms with Gasteiger partial charge in [0.2, 0.25) is 0 Å². The van der Waals surface area contributed by atoms with Crippen LogP contribution in [-0.4, -0.2) is 9.67 Å². The van der Waals surface area contributed by atoms with Gasteiger partial charge in [0.25, 0.3) is 5.56 Å². The minimum atomic E-state index is -0.509. The highest BCUT2D eigenvalue weighted by Gasteiger charge is 2.14. The molecule has 0 unspecified atom stereocenters. The van der Waals surface area contributed by atoms with Gasteiger partial charge in [-0.1, -0.05) is 60.3 Å². The lowest BCUT2D eigenvalue weighted by Crippen LogP contribution is -2.25. The maximum Gasteiger partial charge on any atom is 0.350 e. The van der Waals surface area contributed by atoms with Crippen molar-refractivity contribution in [3.63, 3.8) is 0 Å². The Morgan fingerprint density at radius 3 is 2.29 bits per heavy atom. The minimum Gasteiger partial charge on any atom is -0.422 e. The zero-order valence-electron chi connectivity index (χ0n) is 14.9. The average Bonchev–Trinajstić information content (AvgIpc) is 2.72. The molecule has 140 valence electrons. The van der Waals surface area contributed by atoms with Crippen LogP contribution in [0.1, 0.15) is 11.3 Å². The first kappa shape index (κ1) is 18.3. The number of benzene rings is 2.